The molecule has 0 nitrogen and oxygen atoms in total. The molecule has 3 unspecified atom stereocenters. The Morgan fingerprint density at radius 1 is 0.400 bits per heavy atom. The summed E-state index contributed by atoms with van der Waals surface area (Å²) < 4.78 is 0. The summed E-state index contributed by atoms with van der Waals surface area (Å²) in [4.78, 5) is 0. The molecule has 3 rings (SSSR count). The van der Waals surface area contributed by atoms with Gasteiger partial charge in [0, 0.05) is 0 Å². The van der Waals surface area contributed by atoms with Gasteiger partial charge < -0.3 is 0 Å². The minimum Gasteiger partial charge on any atom is -0.0533 e. The summed E-state index contributed by atoms with van der Waals surface area (Å²) in [7, 11) is 0. The van der Waals surface area contributed by atoms with E-state index < -0.39 is 0 Å². The molecule has 3 atom stereocenters. The molecule has 0 spiro atoms. The fourth-order valence-corrected chi connectivity index (χ4v) is 4.77. The second-order valence-corrected chi connectivity index (χ2v) is 6.42. The van der Waals surface area contributed by atoms with E-state index in [1.807, 2.05) is 0 Å². The van der Waals surface area contributed by atoms with Crippen LogP contribution in [0.15, 0.2) is 0 Å². The van der Waals surface area contributed by atoms with Crippen LogP contribution in [-0.4, -0.2) is 0 Å². The van der Waals surface area contributed by atoms with E-state index in [4.69, 9.17) is 0 Å². The topological polar surface area (TPSA) is 0 Å². The average molecular weight is 206 g/mol. The van der Waals surface area contributed by atoms with Gasteiger partial charge in [-0.05, 0) is 42.9 Å². The summed E-state index contributed by atoms with van der Waals surface area (Å²) in [6, 6.07) is 0. The highest BCUT2D eigenvalue weighted by Gasteiger charge is 2.36. The molecule has 0 amide bonds. The summed E-state index contributed by atoms with van der Waals surface area (Å²) in [5.74, 6) is 4.60. The Morgan fingerprint density at radius 2 is 0.933 bits per heavy atom. The molecule has 3 aliphatic carbocycles. The van der Waals surface area contributed by atoms with Gasteiger partial charge in [0.2, 0.25) is 0 Å². The van der Waals surface area contributed by atoms with E-state index in [9.17, 15) is 0 Å². The van der Waals surface area contributed by atoms with Crippen molar-refractivity contribution in [1.82, 2.24) is 0 Å². The summed E-state index contributed by atoms with van der Waals surface area (Å²) in [6.45, 7) is 0. The number of rotatable bonds is 1. The summed E-state index contributed by atoms with van der Waals surface area (Å²) in [5.41, 5.74) is 0. The Kier molecular flexibility index (Phi) is 3.03. The Morgan fingerprint density at radius 3 is 1.80 bits per heavy atom. The Bertz CT molecular complexity index is 202. The Balaban J connectivity index is 1.58. The van der Waals surface area contributed by atoms with Crippen molar-refractivity contribution in [2.75, 3.05) is 0 Å². The van der Waals surface area contributed by atoms with Crippen molar-refractivity contribution in [3.63, 3.8) is 0 Å². The molecule has 0 aromatic rings. The molecule has 0 aromatic heterocycles. The van der Waals surface area contributed by atoms with Crippen molar-refractivity contribution < 1.29 is 0 Å². The minimum absolute atomic E-state index is 1.14. The summed E-state index contributed by atoms with van der Waals surface area (Å²) in [6.07, 6.45) is 17.2. The Labute approximate surface area is 94.8 Å². The lowest BCUT2D eigenvalue weighted by atomic mass is 9.68. The minimum atomic E-state index is 1.14. The maximum atomic E-state index is 1.62. The molecule has 0 heteroatoms. The molecular weight excluding hydrogens is 180 g/mol. The van der Waals surface area contributed by atoms with Gasteiger partial charge >= 0.3 is 0 Å². The highest BCUT2D eigenvalue weighted by Crippen LogP contribution is 2.48. The maximum absolute atomic E-state index is 1.62. The van der Waals surface area contributed by atoms with E-state index in [1.165, 1.54) is 19.3 Å². The molecule has 15 heavy (non-hydrogen) atoms. The Hall–Kier alpha value is 0. The van der Waals surface area contributed by atoms with Crippen LogP contribution in [0.2, 0.25) is 0 Å². The van der Waals surface area contributed by atoms with Gasteiger partial charge in [-0.2, -0.15) is 0 Å². The molecule has 0 aliphatic heterocycles. The van der Waals surface area contributed by atoms with Crippen molar-refractivity contribution in [2.24, 2.45) is 23.7 Å². The molecule has 0 heterocycles. The van der Waals surface area contributed by atoms with Crippen LogP contribution in [-0.2, 0) is 0 Å². The van der Waals surface area contributed by atoms with Crippen LogP contribution in [0.1, 0.15) is 70.6 Å². The van der Waals surface area contributed by atoms with Crippen LogP contribution in [0.4, 0.5) is 0 Å². The third-order valence-electron chi connectivity index (χ3n) is 5.65. The predicted molar refractivity (Wildman–Crippen MR) is 64.7 cm³/mol. The first-order valence-corrected chi connectivity index (χ1v) is 7.43. The van der Waals surface area contributed by atoms with Gasteiger partial charge in [-0.15, -0.1) is 0 Å². The SMILES string of the molecule is C1CCC(C2CCC3CCCC3C2)CC1. The molecule has 0 aromatic carbocycles. The average Bonchev–Trinajstić information content (AvgIpc) is 2.77. The number of fused-ring (bicyclic) bond motifs is 1. The van der Waals surface area contributed by atoms with E-state index in [1.54, 1.807) is 51.4 Å². The van der Waals surface area contributed by atoms with Crippen molar-refractivity contribution in [3.8, 4) is 0 Å². The lowest BCUT2D eigenvalue weighted by molar-refractivity contribution is 0.131. The predicted octanol–water partition coefficient (Wildman–Crippen LogP) is 4.78. The second-order valence-electron chi connectivity index (χ2n) is 6.42. The van der Waals surface area contributed by atoms with Gasteiger partial charge in [0.25, 0.3) is 0 Å². The largest absolute Gasteiger partial charge is 0.0533 e. The zero-order valence-electron chi connectivity index (χ0n) is 10.1. The molecule has 0 bridgehead atoms. The molecule has 0 N–H and O–H groups in total. The quantitative estimate of drug-likeness (QED) is 0.579. The summed E-state index contributed by atoms with van der Waals surface area (Å²) in [5, 5.41) is 0. The third kappa shape index (κ3) is 2.10. The van der Waals surface area contributed by atoms with Crippen LogP contribution >= 0.6 is 0 Å². The van der Waals surface area contributed by atoms with Crippen molar-refractivity contribution in [2.45, 2.75) is 70.6 Å². The zero-order chi connectivity index (χ0) is 10.1. The van der Waals surface area contributed by atoms with Crippen molar-refractivity contribution >= 4 is 0 Å². The fraction of sp³-hybridized carbons (Fsp3) is 1.00. The van der Waals surface area contributed by atoms with Gasteiger partial charge in [-0.3, -0.25) is 0 Å². The highest BCUT2D eigenvalue weighted by molar-refractivity contribution is 4.87. The van der Waals surface area contributed by atoms with Crippen LogP contribution in [0.25, 0.3) is 0 Å². The van der Waals surface area contributed by atoms with E-state index in [-0.39, 0.29) is 0 Å². The first-order chi connectivity index (χ1) is 7.43. The first kappa shape index (κ1) is 10.2. The molecule has 0 saturated heterocycles. The highest BCUT2D eigenvalue weighted by atomic mass is 14.4. The standard InChI is InChI=1S/C15H26/c1-2-5-12(6-3-1)15-10-9-13-7-4-8-14(13)11-15/h12-15H,1-11H2. The lowest BCUT2D eigenvalue weighted by Crippen LogP contribution is -2.27. The molecule has 0 radical (unpaired) electrons. The monoisotopic (exact) mass is 206 g/mol. The van der Waals surface area contributed by atoms with Gasteiger partial charge in [-0.1, -0.05) is 51.4 Å². The van der Waals surface area contributed by atoms with Crippen LogP contribution in [0.5, 0.6) is 0 Å². The molecule has 3 saturated carbocycles. The van der Waals surface area contributed by atoms with Crippen LogP contribution in [0, 0.1) is 23.7 Å². The number of hydrogen-bond acceptors (Lipinski definition) is 0. The second kappa shape index (κ2) is 4.47. The van der Waals surface area contributed by atoms with E-state index in [0.717, 1.165) is 23.7 Å². The normalized spacial score (nSPS) is 42.8. The molecular formula is C15H26. The fourth-order valence-electron chi connectivity index (χ4n) is 4.77. The van der Waals surface area contributed by atoms with E-state index in [2.05, 4.69) is 0 Å². The smallest absolute Gasteiger partial charge is 0.0383 e. The van der Waals surface area contributed by atoms with E-state index >= 15 is 0 Å². The molecule has 86 valence electrons. The maximum Gasteiger partial charge on any atom is -0.0383 e. The first-order valence-electron chi connectivity index (χ1n) is 7.43. The van der Waals surface area contributed by atoms with Crippen molar-refractivity contribution in [1.29, 1.82) is 0 Å². The lowest BCUT2D eigenvalue weighted by Gasteiger charge is -2.38. The number of hydrogen-bond donors (Lipinski definition) is 0. The van der Waals surface area contributed by atoms with Gasteiger partial charge in [0.15, 0.2) is 0 Å². The van der Waals surface area contributed by atoms with E-state index in [0.29, 0.717) is 0 Å². The zero-order valence-corrected chi connectivity index (χ0v) is 10.1. The van der Waals surface area contributed by atoms with Gasteiger partial charge in [-0.25, -0.2) is 0 Å². The van der Waals surface area contributed by atoms with Gasteiger partial charge in [0.1, 0.15) is 0 Å². The summed E-state index contributed by atoms with van der Waals surface area (Å²) >= 11 is 0. The van der Waals surface area contributed by atoms with Crippen molar-refractivity contribution in [3.05, 3.63) is 0 Å². The molecule has 3 fully saturated rings. The van der Waals surface area contributed by atoms with Crippen LogP contribution in [0.3, 0.4) is 0 Å². The third-order valence-corrected chi connectivity index (χ3v) is 5.65. The molecule has 3 aliphatic rings. The van der Waals surface area contributed by atoms with Gasteiger partial charge in [0.05, 0.1) is 0 Å². The van der Waals surface area contributed by atoms with Crippen LogP contribution < -0.4 is 0 Å².